The van der Waals surface area contributed by atoms with Crippen molar-refractivity contribution < 1.29 is 9.84 Å². The summed E-state index contributed by atoms with van der Waals surface area (Å²) in [5.74, 6) is 0.190. The summed E-state index contributed by atoms with van der Waals surface area (Å²) in [6.45, 7) is 3.09. The van der Waals surface area contributed by atoms with Gasteiger partial charge >= 0.3 is 0 Å². The first-order chi connectivity index (χ1) is 10.6. The monoisotopic (exact) mass is 337 g/mol. The molecule has 1 fully saturated rings. The number of nitrogens with zero attached hydrogens (tertiary/aromatic N) is 1. The van der Waals surface area contributed by atoms with Gasteiger partial charge in [-0.1, -0.05) is 41.4 Å². The van der Waals surface area contributed by atoms with Crippen molar-refractivity contribution in [2.24, 2.45) is 0 Å². The lowest BCUT2D eigenvalue weighted by Crippen LogP contribution is -2.37. The third-order valence-corrected chi connectivity index (χ3v) is 4.43. The molecule has 0 spiro atoms. The van der Waals surface area contributed by atoms with E-state index in [1.807, 2.05) is 30.3 Å². The van der Waals surface area contributed by atoms with Gasteiger partial charge in [0.25, 0.3) is 0 Å². The van der Waals surface area contributed by atoms with Crippen LogP contribution in [0.2, 0.25) is 10.0 Å². The lowest BCUT2D eigenvalue weighted by Gasteiger charge is -2.33. The van der Waals surface area contributed by atoms with E-state index in [-0.39, 0.29) is 11.9 Å². The quantitative estimate of drug-likeness (QED) is 0.907. The Bertz CT molecular complexity index is 646. The predicted molar refractivity (Wildman–Crippen MR) is 88.5 cm³/mol. The van der Waals surface area contributed by atoms with Gasteiger partial charge in [-0.2, -0.15) is 0 Å². The molecular weight excluding hydrogens is 321 g/mol. The van der Waals surface area contributed by atoms with Gasteiger partial charge in [0.15, 0.2) is 0 Å². The Kier molecular flexibility index (Phi) is 4.89. The molecule has 3 rings (SSSR count). The molecular formula is C17H17Cl2NO2. The number of aromatic hydroxyl groups is 1. The summed E-state index contributed by atoms with van der Waals surface area (Å²) in [6, 6.07) is 12.9. The van der Waals surface area contributed by atoms with E-state index in [0.717, 1.165) is 35.8 Å². The van der Waals surface area contributed by atoms with Crippen LogP contribution in [-0.4, -0.2) is 29.7 Å². The highest BCUT2D eigenvalue weighted by Gasteiger charge is 2.22. The van der Waals surface area contributed by atoms with Crippen molar-refractivity contribution in [3.8, 4) is 5.75 Å². The molecule has 0 saturated carbocycles. The van der Waals surface area contributed by atoms with E-state index < -0.39 is 0 Å². The summed E-state index contributed by atoms with van der Waals surface area (Å²) >= 11 is 12.1. The van der Waals surface area contributed by atoms with Gasteiger partial charge in [0.1, 0.15) is 5.75 Å². The number of hydrogen-bond acceptors (Lipinski definition) is 3. The van der Waals surface area contributed by atoms with Crippen LogP contribution in [0.5, 0.6) is 5.75 Å². The number of phenols is 1. The average Bonchev–Trinajstić information content (AvgIpc) is 2.51. The van der Waals surface area contributed by atoms with Crippen LogP contribution >= 0.6 is 23.2 Å². The third-order valence-electron chi connectivity index (χ3n) is 3.82. The van der Waals surface area contributed by atoms with Crippen LogP contribution in [0, 0.1) is 0 Å². The number of morpholine rings is 1. The summed E-state index contributed by atoms with van der Waals surface area (Å²) in [5, 5.41) is 10.7. The fraction of sp³-hybridized carbons (Fsp3) is 0.294. The Morgan fingerprint density at radius 2 is 1.91 bits per heavy atom. The molecule has 3 nitrogen and oxygen atoms in total. The highest BCUT2D eigenvalue weighted by Crippen LogP contribution is 2.27. The zero-order chi connectivity index (χ0) is 15.5. The minimum atomic E-state index is 0.0434. The van der Waals surface area contributed by atoms with Crippen LogP contribution in [0.15, 0.2) is 42.5 Å². The van der Waals surface area contributed by atoms with Gasteiger partial charge in [0.2, 0.25) is 0 Å². The van der Waals surface area contributed by atoms with E-state index in [4.69, 9.17) is 27.9 Å². The third kappa shape index (κ3) is 3.73. The van der Waals surface area contributed by atoms with Gasteiger partial charge in [-0.05, 0) is 35.4 Å². The molecule has 1 aliphatic heterocycles. The van der Waals surface area contributed by atoms with Crippen molar-refractivity contribution in [1.82, 2.24) is 4.90 Å². The molecule has 1 aliphatic rings. The maximum Gasteiger partial charge on any atom is 0.117 e. The molecule has 22 heavy (non-hydrogen) atoms. The van der Waals surface area contributed by atoms with Crippen molar-refractivity contribution in [1.29, 1.82) is 0 Å². The van der Waals surface area contributed by atoms with E-state index in [1.165, 1.54) is 0 Å². The first-order valence-electron chi connectivity index (χ1n) is 7.18. The average molecular weight is 338 g/mol. The Morgan fingerprint density at radius 1 is 1.14 bits per heavy atom. The van der Waals surface area contributed by atoms with Crippen LogP contribution in [0.1, 0.15) is 17.2 Å². The summed E-state index contributed by atoms with van der Waals surface area (Å²) in [7, 11) is 0. The first kappa shape index (κ1) is 15.6. The van der Waals surface area contributed by atoms with E-state index in [1.54, 1.807) is 12.1 Å². The molecule has 0 aromatic heterocycles. The highest BCUT2D eigenvalue weighted by atomic mass is 35.5. The molecule has 0 unspecified atom stereocenters. The van der Waals surface area contributed by atoms with Crippen LogP contribution in [0.4, 0.5) is 0 Å². The molecule has 1 N–H and O–H groups in total. The molecule has 0 amide bonds. The molecule has 5 heteroatoms. The molecule has 2 aromatic carbocycles. The van der Waals surface area contributed by atoms with Gasteiger partial charge in [-0.15, -0.1) is 0 Å². The summed E-state index contributed by atoms with van der Waals surface area (Å²) in [4.78, 5) is 2.31. The SMILES string of the molecule is Oc1ccc(CN2CCO[C@H](c3ccc(Cl)cc3)C2)c(Cl)c1. The minimum Gasteiger partial charge on any atom is -0.508 e. The number of rotatable bonds is 3. The molecule has 116 valence electrons. The lowest BCUT2D eigenvalue weighted by molar-refractivity contribution is -0.0329. The standard InChI is InChI=1S/C17H17Cl2NO2/c18-14-4-1-12(2-5-14)17-11-20(7-8-22-17)10-13-3-6-15(21)9-16(13)19/h1-6,9,17,21H,7-8,10-11H2/t17-/m0/s1. The minimum absolute atomic E-state index is 0.0434. The Labute approximate surface area is 140 Å². The predicted octanol–water partition coefficient (Wildman–Crippen LogP) is 4.27. The van der Waals surface area contributed by atoms with Crippen molar-refractivity contribution in [3.05, 3.63) is 63.6 Å². The van der Waals surface area contributed by atoms with Crippen molar-refractivity contribution in [2.75, 3.05) is 19.7 Å². The second-order valence-corrected chi connectivity index (χ2v) is 6.27. The zero-order valence-electron chi connectivity index (χ0n) is 12.0. The topological polar surface area (TPSA) is 32.7 Å². The Balaban J connectivity index is 1.69. The molecule has 1 atom stereocenters. The number of phenolic OH excluding ortho intramolecular Hbond substituents is 1. The van der Waals surface area contributed by atoms with Gasteiger partial charge in [-0.25, -0.2) is 0 Å². The van der Waals surface area contributed by atoms with Gasteiger partial charge < -0.3 is 9.84 Å². The normalized spacial score (nSPS) is 19.3. The van der Waals surface area contributed by atoms with Gasteiger partial charge in [0, 0.05) is 29.7 Å². The second-order valence-electron chi connectivity index (χ2n) is 5.42. The fourth-order valence-corrected chi connectivity index (χ4v) is 2.99. The molecule has 0 aliphatic carbocycles. The fourth-order valence-electron chi connectivity index (χ4n) is 2.63. The Morgan fingerprint density at radius 3 is 2.64 bits per heavy atom. The van der Waals surface area contributed by atoms with E-state index in [0.29, 0.717) is 11.6 Å². The number of ether oxygens (including phenoxy) is 1. The maximum absolute atomic E-state index is 9.43. The van der Waals surface area contributed by atoms with E-state index in [9.17, 15) is 5.11 Å². The van der Waals surface area contributed by atoms with Crippen molar-refractivity contribution in [3.63, 3.8) is 0 Å². The van der Waals surface area contributed by atoms with Crippen LogP contribution in [0.3, 0.4) is 0 Å². The van der Waals surface area contributed by atoms with Gasteiger partial charge in [-0.3, -0.25) is 4.90 Å². The number of hydrogen-bond donors (Lipinski definition) is 1. The van der Waals surface area contributed by atoms with Crippen molar-refractivity contribution in [2.45, 2.75) is 12.6 Å². The molecule has 0 radical (unpaired) electrons. The number of halogens is 2. The smallest absolute Gasteiger partial charge is 0.117 e. The molecule has 0 bridgehead atoms. The largest absolute Gasteiger partial charge is 0.508 e. The molecule has 2 aromatic rings. The van der Waals surface area contributed by atoms with Crippen molar-refractivity contribution >= 4 is 23.2 Å². The van der Waals surface area contributed by atoms with Crippen LogP contribution in [-0.2, 0) is 11.3 Å². The Hall–Kier alpha value is -1.26. The highest BCUT2D eigenvalue weighted by molar-refractivity contribution is 6.31. The molecule has 1 heterocycles. The first-order valence-corrected chi connectivity index (χ1v) is 7.94. The van der Waals surface area contributed by atoms with Crippen LogP contribution in [0.25, 0.3) is 0 Å². The van der Waals surface area contributed by atoms with E-state index in [2.05, 4.69) is 4.90 Å². The van der Waals surface area contributed by atoms with Gasteiger partial charge in [0.05, 0.1) is 12.7 Å². The number of benzene rings is 2. The summed E-state index contributed by atoms with van der Waals surface area (Å²) < 4.78 is 5.86. The second kappa shape index (κ2) is 6.88. The lowest BCUT2D eigenvalue weighted by atomic mass is 10.1. The summed E-state index contributed by atoms with van der Waals surface area (Å²) in [5.41, 5.74) is 2.14. The molecule has 1 saturated heterocycles. The van der Waals surface area contributed by atoms with Crippen LogP contribution < -0.4 is 0 Å². The maximum atomic E-state index is 9.43. The zero-order valence-corrected chi connectivity index (χ0v) is 13.5. The summed E-state index contributed by atoms with van der Waals surface area (Å²) in [6.07, 6.45) is 0.0434. The van der Waals surface area contributed by atoms with E-state index >= 15 is 0 Å².